The van der Waals surface area contributed by atoms with Crippen LogP contribution in [0.25, 0.3) is 0 Å². The smallest absolute Gasteiger partial charge is 0.283 e. The molecule has 0 unspecified atom stereocenters. The zero-order chi connectivity index (χ0) is 15.8. The fourth-order valence-electron chi connectivity index (χ4n) is 2.92. The second-order valence-electron chi connectivity index (χ2n) is 6.26. The van der Waals surface area contributed by atoms with E-state index in [0.29, 0.717) is 0 Å². The van der Waals surface area contributed by atoms with Gasteiger partial charge in [-0.05, 0) is 26.7 Å². The lowest BCUT2D eigenvalue weighted by Gasteiger charge is -2.42. The van der Waals surface area contributed by atoms with Crippen LogP contribution in [0.3, 0.4) is 0 Å². The Kier molecular flexibility index (Phi) is 4.41. The molecule has 2 amide bonds. The molecular formula is C13H23N3O4S. The highest BCUT2D eigenvalue weighted by Gasteiger charge is 2.49. The van der Waals surface area contributed by atoms with E-state index >= 15 is 0 Å². The molecule has 1 N–H and O–H groups in total. The number of carbonyl (C=O) groups excluding carboxylic acids is 2. The summed E-state index contributed by atoms with van der Waals surface area (Å²) in [5, 5.41) is 2.19. The van der Waals surface area contributed by atoms with Crippen molar-refractivity contribution in [2.75, 3.05) is 13.6 Å². The van der Waals surface area contributed by atoms with Crippen LogP contribution in [0.5, 0.6) is 0 Å². The molecule has 1 aliphatic carbocycles. The molecule has 0 radical (unpaired) electrons. The standard InChI is InChI=1S/C13H23N3O4S/c1-13(2)12(18)14-11(17)9-16(13)21(19,20)15(3)10-7-5-4-6-8-10/h10H,4-9H2,1-3H3,(H,14,17,18). The molecule has 21 heavy (non-hydrogen) atoms. The van der Waals surface area contributed by atoms with E-state index in [4.69, 9.17) is 0 Å². The van der Waals surface area contributed by atoms with E-state index in [2.05, 4.69) is 5.32 Å². The molecule has 2 rings (SSSR count). The van der Waals surface area contributed by atoms with Crippen molar-refractivity contribution in [2.24, 2.45) is 0 Å². The van der Waals surface area contributed by atoms with Crippen LogP contribution >= 0.6 is 0 Å². The zero-order valence-electron chi connectivity index (χ0n) is 12.8. The molecule has 8 heteroatoms. The highest BCUT2D eigenvalue weighted by Crippen LogP contribution is 2.29. The molecule has 7 nitrogen and oxygen atoms in total. The van der Waals surface area contributed by atoms with E-state index in [1.54, 1.807) is 7.05 Å². The van der Waals surface area contributed by atoms with Crippen LogP contribution in [0.4, 0.5) is 0 Å². The molecule has 0 aromatic carbocycles. The number of carbonyl (C=O) groups is 2. The van der Waals surface area contributed by atoms with E-state index in [-0.39, 0.29) is 12.6 Å². The lowest BCUT2D eigenvalue weighted by atomic mass is 9.96. The van der Waals surface area contributed by atoms with Crippen LogP contribution in [0, 0.1) is 0 Å². The largest absolute Gasteiger partial charge is 0.294 e. The molecule has 2 aliphatic rings. The van der Waals surface area contributed by atoms with Crippen LogP contribution < -0.4 is 5.32 Å². The van der Waals surface area contributed by atoms with Crippen LogP contribution in [0.1, 0.15) is 46.0 Å². The molecule has 1 heterocycles. The molecule has 0 bridgehead atoms. The Morgan fingerprint density at radius 1 is 1.19 bits per heavy atom. The molecular weight excluding hydrogens is 294 g/mol. The molecule has 0 aromatic heterocycles. The molecule has 0 spiro atoms. The fraction of sp³-hybridized carbons (Fsp3) is 0.846. The van der Waals surface area contributed by atoms with Crippen LogP contribution in [-0.4, -0.2) is 54.0 Å². The van der Waals surface area contributed by atoms with Crippen molar-refractivity contribution in [3.05, 3.63) is 0 Å². The van der Waals surface area contributed by atoms with Gasteiger partial charge in [0.1, 0.15) is 5.54 Å². The molecule has 1 saturated heterocycles. The Balaban J connectivity index is 2.28. The van der Waals surface area contributed by atoms with Gasteiger partial charge in [-0.2, -0.15) is 17.0 Å². The van der Waals surface area contributed by atoms with Gasteiger partial charge < -0.3 is 0 Å². The number of piperazine rings is 1. The van der Waals surface area contributed by atoms with E-state index < -0.39 is 27.6 Å². The Bertz CT molecular complexity index is 538. The third-order valence-electron chi connectivity index (χ3n) is 4.45. The maximum Gasteiger partial charge on any atom is 0.283 e. The molecule has 0 aromatic rings. The summed E-state index contributed by atoms with van der Waals surface area (Å²) in [5.41, 5.74) is -1.27. The van der Waals surface area contributed by atoms with Crippen molar-refractivity contribution in [1.82, 2.24) is 13.9 Å². The van der Waals surface area contributed by atoms with Crippen molar-refractivity contribution in [2.45, 2.75) is 57.5 Å². The molecule has 1 aliphatic heterocycles. The number of nitrogens with one attached hydrogen (secondary N) is 1. The first-order valence-corrected chi connectivity index (χ1v) is 8.67. The van der Waals surface area contributed by atoms with Gasteiger partial charge in [0.05, 0.1) is 6.54 Å². The Morgan fingerprint density at radius 2 is 1.76 bits per heavy atom. The molecule has 0 atom stereocenters. The minimum atomic E-state index is -3.85. The quantitative estimate of drug-likeness (QED) is 0.755. The lowest BCUT2D eigenvalue weighted by Crippen LogP contribution is -2.67. The van der Waals surface area contributed by atoms with Crippen LogP contribution in [0.15, 0.2) is 0 Å². The van der Waals surface area contributed by atoms with Crippen molar-refractivity contribution in [3.63, 3.8) is 0 Å². The number of rotatable bonds is 3. The fourth-order valence-corrected chi connectivity index (χ4v) is 4.76. The molecule has 1 saturated carbocycles. The van der Waals surface area contributed by atoms with Crippen molar-refractivity contribution in [3.8, 4) is 0 Å². The van der Waals surface area contributed by atoms with E-state index in [0.717, 1.165) is 36.4 Å². The highest BCUT2D eigenvalue weighted by atomic mass is 32.2. The van der Waals surface area contributed by atoms with Gasteiger partial charge in [-0.25, -0.2) is 0 Å². The van der Waals surface area contributed by atoms with Gasteiger partial charge in [0.25, 0.3) is 10.2 Å². The number of amides is 2. The summed E-state index contributed by atoms with van der Waals surface area (Å²) in [6, 6.07) is -0.0559. The summed E-state index contributed by atoms with van der Waals surface area (Å²) in [4.78, 5) is 23.5. The Morgan fingerprint density at radius 3 is 2.33 bits per heavy atom. The molecule has 120 valence electrons. The third kappa shape index (κ3) is 2.97. The number of hydrogen-bond acceptors (Lipinski definition) is 4. The minimum absolute atomic E-state index is 0.0559. The Hall–Kier alpha value is -0.990. The van der Waals surface area contributed by atoms with Crippen molar-refractivity contribution in [1.29, 1.82) is 0 Å². The normalized spacial score (nSPS) is 25.1. The van der Waals surface area contributed by atoms with Gasteiger partial charge in [0, 0.05) is 13.1 Å². The summed E-state index contributed by atoms with van der Waals surface area (Å²) < 4.78 is 28.0. The Labute approximate surface area is 125 Å². The van der Waals surface area contributed by atoms with Gasteiger partial charge >= 0.3 is 0 Å². The van der Waals surface area contributed by atoms with Gasteiger partial charge in [-0.1, -0.05) is 19.3 Å². The van der Waals surface area contributed by atoms with Gasteiger partial charge in [0.2, 0.25) is 11.8 Å². The summed E-state index contributed by atoms with van der Waals surface area (Å²) in [6.45, 7) is 2.71. The first kappa shape index (κ1) is 16.4. The number of imide groups is 1. The predicted molar refractivity (Wildman–Crippen MR) is 77.5 cm³/mol. The first-order valence-electron chi connectivity index (χ1n) is 7.27. The van der Waals surface area contributed by atoms with E-state index in [1.165, 1.54) is 18.2 Å². The average molecular weight is 317 g/mol. The topological polar surface area (TPSA) is 86.8 Å². The number of nitrogens with zero attached hydrogens (tertiary/aromatic N) is 2. The first-order chi connectivity index (χ1) is 9.67. The average Bonchev–Trinajstić information content (AvgIpc) is 2.43. The SMILES string of the molecule is CN(C1CCCCC1)S(=O)(=O)N1CC(=O)NC(=O)C1(C)C. The van der Waals surface area contributed by atoms with E-state index in [1.807, 2.05) is 0 Å². The monoisotopic (exact) mass is 317 g/mol. The second kappa shape index (κ2) is 5.66. The summed E-state index contributed by atoms with van der Waals surface area (Å²) in [7, 11) is -2.31. The van der Waals surface area contributed by atoms with E-state index in [9.17, 15) is 18.0 Å². The van der Waals surface area contributed by atoms with Gasteiger partial charge in [0.15, 0.2) is 0 Å². The van der Waals surface area contributed by atoms with Crippen molar-refractivity contribution < 1.29 is 18.0 Å². The summed E-state index contributed by atoms with van der Waals surface area (Å²) >= 11 is 0. The van der Waals surface area contributed by atoms with Crippen LogP contribution in [-0.2, 0) is 19.8 Å². The molecule has 2 fully saturated rings. The maximum absolute atomic E-state index is 12.8. The summed E-state index contributed by atoms with van der Waals surface area (Å²) in [6.07, 6.45) is 4.79. The van der Waals surface area contributed by atoms with Gasteiger partial charge in [-0.3, -0.25) is 14.9 Å². The summed E-state index contributed by atoms with van der Waals surface area (Å²) in [5.74, 6) is -1.17. The van der Waals surface area contributed by atoms with Crippen molar-refractivity contribution >= 4 is 22.0 Å². The van der Waals surface area contributed by atoms with Crippen LogP contribution in [0.2, 0.25) is 0 Å². The predicted octanol–water partition coefficient (Wildman–Crippen LogP) is 0.233. The second-order valence-corrected chi connectivity index (χ2v) is 8.17. The zero-order valence-corrected chi connectivity index (χ0v) is 13.6. The highest BCUT2D eigenvalue weighted by molar-refractivity contribution is 7.86. The number of hydrogen-bond donors (Lipinski definition) is 1. The third-order valence-corrected chi connectivity index (χ3v) is 6.62. The minimum Gasteiger partial charge on any atom is -0.294 e. The maximum atomic E-state index is 12.8. The van der Waals surface area contributed by atoms with Gasteiger partial charge in [-0.15, -0.1) is 0 Å². The lowest BCUT2D eigenvalue weighted by molar-refractivity contribution is -0.141.